The number of hydrogen-bond acceptors (Lipinski definition) is 8. The highest BCUT2D eigenvalue weighted by Gasteiger charge is 2.26. The van der Waals surface area contributed by atoms with Crippen molar-refractivity contribution in [1.29, 1.82) is 0 Å². The summed E-state index contributed by atoms with van der Waals surface area (Å²) in [6.45, 7) is 1.68. The lowest BCUT2D eigenvalue weighted by molar-refractivity contribution is 0.0607. The van der Waals surface area contributed by atoms with Crippen molar-refractivity contribution in [2.24, 2.45) is 0 Å². The highest BCUT2D eigenvalue weighted by atomic mass is 32.1. The van der Waals surface area contributed by atoms with E-state index in [2.05, 4.69) is 21.3 Å². The number of carbonyl (C=O) groups excluding carboxylic acids is 2. The Morgan fingerprint density at radius 3 is 2.94 bits per heavy atom. The van der Waals surface area contributed by atoms with Crippen LogP contribution in [0.15, 0.2) is 59.7 Å². The molecule has 1 saturated heterocycles. The molecular weight excluding hydrogens is 452 g/mol. The number of anilines is 1. The largest absolute Gasteiger partial charge is 0.472 e. The second-order valence-corrected chi connectivity index (χ2v) is 9.19. The Hall–Kier alpha value is -3.56. The minimum atomic E-state index is -0.514. The Morgan fingerprint density at radius 2 is 2.18 bits per heavy atom. The van der Waals surface area contributed by atoms with E-state index in [9.17, 15) is 9.59 Å². The topological polar surface area (TPSA) is 97.6 Å². The molecule has 0 aliphatic carbocycles. The zero-order valence-electron chi connectivity index (χ0n) is 18.7. The molecule has 1 amide bonds. The van der Waals surface area contributed by atoms with Crippen LogP contribution in [0.5, 0.6) is 0 Å². The lowest BCUT2D eigenvalue weighted by Gasteiger charge is -2.35. The van der Waals surface area contributed by atoms with Crippen molar-refractivity contribution in [1.82, 2.24) is 14.9 Å². The first-order chi connectivity index (χ1) is 16.6. The van der Waals surface area contributed by atoms with E-state index in [4.69, 9.17) is 14.1 Å². The summed E-state index contributed by atoms with van der Waals surface area (Å²) in [6, 6.07) is 9.84. The molecule has 34 heavy (non-hydrogen) atoms. The van der Waals surface area contributed by atoms with Gasteiger partial charge >= 0.3 is 5.97 Å². The number of nitrogens with one attached hydrogen (secondary N) is 1. The van der Waals surface area contributed by atoms with Crippen LogP contribution in [-0.2, 0) is 11.3 Å². The minimum absolute atomic E-state index is 0.304. The quantitative estimate of drug-likeness (QED) is 0.389. The standard InChI is InChI=1S/C25H24N4O4S/c1-32-25(31)22-21(28-23(30)17-9-12-33-15-17)19-8-7-18(27-24(19)34-22)14-29-11-3-2-6-20(29)16-5-4-10-26-13-16/h4-5,7-10,12-13,15,20H,2-3,6,11,14H2,1H3,(H,28,30). The van der Waals surface area contributed by atoms with Crippen LogP contribution in [0.4, 0.5) is 5.69 Å². The highest BCUT2D eigenvalue weighted by molar-refractivity contribution is 7.21. The molecule has 1 fully saturated rings. The van der Waals surface area contributed by atoms with E-state index in [-0.39, 0.29) is 5.91 Å². The smallest absolute Gasteiger partial charge is 0.350 e. The fourth-order valence-electron chi connectivity index (χ4n) is 4.38. The molecule has 1 aliphatic rings. The number of rotatable bonds is 6. The molecule has 1 N–H and O–H groups in total. The second-order valence-electron chi connectivity index (χ2n) is 8.19. The van der Waals surface area contributed by atoms with Gasteiger partial charge in [-0.15, -0.1) is 11.3 Å². The predicted molar refractivity (Wildman–Crippen MR) is 129 cm³/mol. The molecule has 5 heterocycles. The van der Waals surface area contributed by atoms with Crippen molar-refractivity contribution in [2.45, 2.75) is 31.8 Å². The molecule has 174 valence electrons. The van der Waals surface area contributed by atoms with Gasteiger partial charge in [-0.2, -0.15) is 0 Å². The molecule has 0 bridgehead atoms. The summed E-state index contributed by atoms with van der Waals surface area (Å²) < 4.78 is 9.95. The van der Waals surface area contributed by atoms with E-state index in [1.165, 1.54) is 43.0 Å². The molecule has 0 spiro atoms. The molecule has 9 heteroatoms. The van der Waals surface area contributed by atoms with Crippen LogP contribution < -0.4 is 5.32 Å². The van der Waals surface area contributed by atoms with Crippen LogP contribution >= 0.6 is 11.3 Å². The molecular formula is C25H24N4O4S. The molecule has 5 rings (SSSR count). The van der Waals surface area contributed by atoms with Gasteiger partial charge in [0.1, 0.15) is 16.0 Å². The van der Waals surface area contributed by atoms with E-state index in [0.29, 0.717) is 38.9 Å². The van der Waals surface area contributed by atoms with E-state index in [0.717, 1.165) is 25.1 Å². The first-order valence-corrected chi connectivity index (χ1v) is 11.9. The number of piperidine rings is 1. The number of nitrogens with zero attached hydrogens (tertiary/aromatic N) is 3. The van der Waals surface area contributed by atoms with Gasteiger partial charge in [0.2, 0.25) is 0 Å². The van der Waals surface area contributed by atoms with Crippen molar-refractivity contribution in [2.75, 3.05) is 19.0 Å². The molecule has 1 unspecified atom stereocenters. The van der Waals surface area contributed by atoms with Gasteiger partial charge in [0, 0.05) is 30.4 Å². The number of methoxy groups -OCH3 is 1. The third kappa shape index (κ3) is 4.44. The number of esters is 1. The third-order valence-corrected chi connectivity index (χ3v) is 7.13. The van der Waals surface area contributed by atoms with Gasteiger partial charge in [-0.05, 0) is 49.2 Å². The molecule has 4 aromatic rings. The maximum atomic E-state index is 12.6. The Kier molecular flexibility index (Phi) is 6.37. The molecule has 1 aliphatic heterocycles. The summed E-state index contributed by atoms with van der Waals surface area (Å²) in [6.07, 6.45) is 9.94. The van der Waals surface area contributed by atoms with E-state index < -0.39 is 5.97 Å². The van der Waals surface area contributed by atoms with Gasteiger partial charge in [0.25, 0.3) is 5.91 Å². The monoisotopic (exact) mass is 476 g/mol. The fourth-order valence-corrected chi connectivity index (χ4v) is 5.45. The van der Waals surface area contributed by atoms with Crippen molar-refractivity contribution in [3.05, 3.63) is 76.9 Å². The van der Waals surface area contributed by atoms with Gasteiger partial charge < -0.3 is 14.5 Å². The summed E-state index contributed by atoms with van der Waals surface area (Å²) in [7, 11) is 1.32. The number of ether oxygens (including phenoxy) is 1. The molecule has 0 aromatic carbocycles. The Labute approximate surface area is 200 Å². The molecule has 0 radical (unpaired) electrons. The van der Waals surface area contributed by atoms with Crippen molar-refractivity contribution < 1.29 is 18.7 Å². The Balaban J connectivity index is 1.45. The number of carbonyl (C=O) groups is 2. The summed E-state index contributed by atoms with van der Waals surface area (Å²) in [4.78, 5) is 37.6. The normalized spacial score (nSPS) is 16.4. The number of fused-ring (bicyclic) bond motifs is 1. The molecule has 1 atom stereocenters. The average Bonchev–Trinajstić information content (AvgIpc) is 3.53. The van der Waals surface area contributed by atoms with Gasteiger partial charge in [-0.1, -0.05) is 12.5 Å². The maximum absolute atomic E-state index is 12.6. The molecule has 8 nitrogen and oxygen atoms in total. The second kappa shape index (κ2) is 9.74. The van der Waals surface area contributed by atoms with Gasteiger partial charge in [-0.3, -0.25) is 14.7 Å². The average molecular weight is 477 g/mol. The van der Waals surface area contributed by atoms with Gasteiger partial charge in [0.05, 0.1) is 30.3 Å². The molecule has 0 saturated carbocycles. The summed E-state index contributed by atoms with van der Waals surface area (Å²) in [5.74, 6) is -0.880. The first kappa shape index (κ1) is 22.2. The minimum Gasteiger partial charge on any atom is -0.472 e. The highest BCUT2D eigenvalue weighted by Crippen LogP contribution is 2.37. The maximum Gasteiger partial charge on any atom is 0.350 e. The van der Waals surface area contributed by atoms with Crippen LogP contribution in [0.3, 0.4) is 0 Å². The number of amides is 1. The van der Waals surface area contributed by atoms with Crippen LogP contribution in [-0.4, -0.2) is 40.4 Å². The number of aromatic nitrogens is 2. The van der Waals surface area contributed by atoms with Crippen molar-refractivity contribution in [3.8, 4) is 0 Å². The Morgan fingerprint density at radius 1 is 1.26 bits per heavy atom. The van der Waals surface area contributed by atoms with Gasteiger partial charge in [-0.25, -0.2) is 9.78 Å². The first-order valence-electron chi connectivity index (χ1n) is 11.1. The zero-order valence-corrected chi connectivity index (χ0v) is 19.5. The van der Waals surface area contributed by atoms with Crippen LogP contribution in [0, 0.1) is 0 Å². The van der Waals surface area contributed by atoms with Gasteiger partial charge in [0.15, 0.2) is 0 Å². The van der Waals surface area contributed by atoms with Crippen LogP contribution in [0.2, 0.25) is 0 Å². The summed E-state index contributed by atoms with van der Waals surface area (Å²) >= 11 is 1.22. The summed E-state index contributed by atoms with van der Waals surface area (Å²) in [5.41, 5.74) is 2.90. The van der Waals surface area contributed by atoms with Crippen LogP contribution in [0.25, 0.3) is 10.2 Å². The van der Waals surface area contributed by atoms with Crippen molar-refractivity contribution >= 4 is 39.1 Å². The fraction of sp³-hybridized carbons (Fsp3) is 0.280. The van der Waals surface area contributed by atoms with E-state index in [1.807, 2.05) is 24.4 Å². The lowest BCUT2D eigenvalue weighted by atomic mass is 9.96. The number of furan rings is 1. The van der Waals surface area contributed by atoms with Crippen LogP contribution in [0.1, 0.15) is 56.6 Å². The van der Waals surface area contributed by atoms with E-state index >= 15 is 0 Å². The summed E-state index contributed by atoms with van der Waals surface area (Å²) in [5, 5.41) is 3.54. The third-order valence-electron chi connectivity index (χ3n) is 6.05. The zero-order chi connectivity index (χ0) is 23.5. The van der Waals surface area contributed by atoms with Crippen molar-refractivity contribution in [3.63, 3.8) is 0 Å². The predicted octanol–water partition coefficient (Wildman–Crippen LogP) is 5.05. The number of likely N-dealkylation sites (tertiary alicyclic amines) is 1. The molecule has 4 aromatic heterocycles. The Bertz CT molecular complexity index is 1300. The van der Waals surface area contributed by atoms with E-state index in [1.54, 1.807) is 12.3 Å². The number of hydrogen-bond donors (Lipinski definition) is 1. The lowest BCUT2D eigenvalue weighted by Crippen LogP contribution is -2.33. The number of thiophene rings is 1. The number of pyridine rings is 2. The SMILES string of the molecule is COC(=O)c1sc2nc(CN3CCCCC3c3cccnc3)ccc2c1NC(=O)c1ccoc1.